The molecule has 0 radical (unpaired) electrons. The van der Waals surface area contributed by atoms with Gasteiger partial charge in [0.2, 0.25) is 5.95 Å². The van der Waals surface area contributed by atoms with Gasteiger partial charge in [-0.05, 0) is 7.05 Å². The van der Waals surface area contributed by atoms with Gasteiger partial charge in [-0.2, -0.15) is 15.1 Å². The second kappa shape index (κ2) is 6.98. The summed E-state index contributed by atoms with van der Waals surface area (Å²) in [4.78, 5) is 10.6. The number of H-pyrrole nitrogens is 1. The summed E-state index contributed by atoms with van der Waals surface area (Å²) >= 11 is 0. The van der Waals surface area contributed by atoms with Crippen molar-refractivity contribution >= 4 is 22.8 Å². The molecule has 0 atom stereocenters. The van der Waals surface area contributed by atoms with Gasteiger partial charge in [0.15, 0.2) is 5.65 Å². The van der Waals surface area contributed by atoms with Crippen LogP contribution in [-0.2, 0) is 4.74 Å². The Morgan fingerprint density at radius 3 is 3.00 bits per heavy atom. The molecule has 20 heavy (non-hydrogen) atoms. The Morgan fingerprint density at radius 2 is 2.25 bits per heavy atom. The third-order valence-electron chi connectivity index (χ3n) is 2.90. The van der Waals surface area contributed by atoms with Gasteiger partial charge in [-0.15, -0.1) is 0 Å². The van der Waals surface area contributed by atoms with Gasteiger partial charge in [0, 0.05) is 26.7 Å². The summed E-state index contributed by atoms with van der Waals surface area (Å²) in [7, 11) is 3.74. The van der Waals surface area contributed by atoms with E-state index < -0.39 is 0 Å². The van der Waals surface area contributed by atoms with Crippen molar-refractivity contribution in [3.8, 4) is 0 Å². The average molecular weight is 280 g/mol. The summed E-state index contributed by atoms with van der Waals surface area (Å²) in [6.45, 7) is 3.23. The fourth-order valence-electron chi connectivity index (χ4n) is 1.76. The number of nitrogens with zero attached hydrogens (tertiary/aromatic N) is 4. The molecule has 0 amide bonds. The average Bonchev–Trinajstić information content (AvgIpc) is 2.93. The molecule has 0 spiro atoms. The molecule has 9 nitrogen and oxygen atoms in total. The Kier molecular flexibility index (Phi) is 5.04. The molecule has 0 unspecified atom stereocenters. The van der Waals surface area contributed by atoms with Crippen molar-refractivity contribution < 1.29 is 4.74 Å². The fourth-order valence-corrected chi connectivity index (χ4v) is 1.76. The topological polar surface area (TPSA) is 117 Å². The van der Waals surface area contributed by atoms with Crippen LogP contribution in [0.4, 0.5) is 11.8 Å². The Labute approximate surface area is 116 Å². The van der Waals surface area contributed by atoms with Gasteiger partial charge < -0.3 is 15.0 Å². The van der Waals surface area contributed by atoms with E-state index in [1.54, 1.807) is 13.3 Å². The van der Waals surface area contributed by atoms with Gasteiger partial charge in [-0.25, -0.2) is 5.84 Å². The monoisotopic (exact) mass is 280 g/mol. The van der Waals surface area contributed by atoms with Gasteiger partial charge >= 0.3 is 0 Å². The molecule has 2 aromatic rings. The number of aromatic amines is 1. The molecule has 0 fully saturated rings. The first-order chi connectivity index (χ1) is 9.74. The van der Waals surface area contributed by atoms with Gasteiger partial charge in [-0.3, -0.25) is 10.5 Å². The molecule has 0 saturated carbocycles. The van der Waals surface area contributed by atoms with Crippen molar-refractivity contribution in [1.82, 2.24) is 25.1 Å². The number of rotatable bonds is 8. The Bertz CT molecular complexity index is 542. The molecule has 5 N–H and O–H groups in total. The van der Waals surface area contributed by atoms with Crippen LogP contribution in [0.15, 0.2) is 6.20 Å². The number of hydrazine groups is 1. The lowest BCUT2D eigenvalue weighted by molar-refractivity contribution is 0.163. The lowest BCUT2D eigenvalue weighted by Crippen LogP contribution is -2.28. The molecule has 0 aliphatic rings. The first-order valence-corrected chi connectivity index (χ1v) is 6.33. The summed E-state index contributed by atoms with van der Waals surface area (Å²) in [6.07, 6.45) is 1.69. The highest BCUT2D eigenvalue weighted by atomic mass is 16.5. The van der Waals surface area contributed by atoms with Crippen molar-refractivity contribution in [2.75, 3.05) is 51.1 Å². The first kappa shape index (κ1) is 14.4. The van der Waals surface area contributed by atoms with Crippen LogP contribution in [0, 0.1) is 0 Å². The number of nitrogens with one attached hydrogen (secondary N) is 3. The van der Waals surface area contributed by atoms with Crippen LogP contribution >= 0.6 is 0 Å². The van der Waals surface area contributed by atoms with Crippen LogP contribution in [0.5, 0.6) is 0 Å². The third-order valence-corrected chi connectivity index (χ3v) is 2.90. The van der Waals surface area contributed by atoms with Crippen molar-refractivity contribution in [3.05, 3.63) is 6.20 Å². The van der Waals surface area contributed by atoms with E-state index in [0.29, 0.717) is 17.4 Å². The number of ether oxygens (including phenoxy) is 1. The zero-order valence-electron chi connectivity index (χ0n) is 11.7. The normalized spacial score (nSPS) is 11.2. The number of hydrogen-bond acceptors (Lipinski definition) is 8. The van der Waals surface area contributed by atoms with E-state index in [9.17, 15) is 0 Å². The maximum Gasteiger partial charge on any atom is 0.241 e. The van der Waals surface area contributed by atoms with E-state index in [1.807, 2.05) is 7.05 Å². The molecule has 0 saturated heterocycles. The second-order valence-corrected chi connectivity index (χ2v) is 4.40. The summed E-state index contributed by atoms with van der Waals surface area (Å²) in [5, 5.41) is 10.9. The van der Waals surface area contributed by atoms with Crippen LogP contribution in [-0.4, -0.2) is 65.5 Å². The zero-order chi connectivity index (χ0) is 14.4. The first-order valence-electron chi connectivity index (χ1n) is 6.33. The predicted molar refractivity (Wildman–Crippen MR) is 77.4 cm³/mol. The molecule has 0 aliphatic carbocycles. The van der Waals surface area contributed by atoms with E-state index in [-0.39, 0.29) is 0 Å². The number of fused-ring (bicyclic) bond motifs is 1. The molecule has 2 heterocycles. The summed E-state index contributed by atoms with van der Waals surface area (Å²) in [5.74, 6) is 6.40. The van der Waals surface area contributed by atoms with Gasteiger partial charge in [-0.1, -0.05) is 0 Å². The predicted octanol–water partition coefficient (Wildman–Crippen LogP) is -0.371. The molecule has 110 valence electrons. The van der Waals surface area contributed by atoms with E-state index in [1.165, 1.54) is 0 Å². The minimum Gasteiger partial charge on any atom is -0.383 e. The van der Waals surface area contributed by atoms with Gasteiger partial charge in [0.25, 0.3) is 0 Å². The molecular formula is C11H20N8O. The van der Waals surface area contributed by atoms with Crippen LogP contribution in [0.25, 0.3) is 11.0 Å². The summed E-state index contributed by atoms with van der Waals surface area (Å²) < 4.78 is 5.04. The molecule has 0 bridgehead atoms. The number of aromatic nitrogens is 4. The standard InChI is InChI=1S/C11H20N8O/c1-19(5-6-20-2)4-3-13-9-8-7-14-18-10(8)16-11(15-9)17-12/h7H,3-6,12H2,1-2H3,(H3,13,14,15,16,17,18). The third kappa shape index (κ3) is 3.53. The Morgan fingerprint density at radius 1 is 1.40 bits per heavy atom. The van der Waals surface area contributed by atoms with Gasteiger partial charge in [0.1, 0.15) is 5.82 Å². The van der Waals surface area contributed by atoms with Crippen LogP contribution in [0.1, 0.15) is 0 Å². The highest BCUT2D eigenvalue weighted by Gasteiger charge is 2.08. The lowest BCUT2D eigenvalue weighted by Gasteiger charge is -2.16. The van der Waals surface area contributed by atoms with Crippen LogP contribution in [0.3, 0.4) is 0 Å². The van der Waals surface area contributed by atoms with Crippen LogP contribution in [0.2, 0.25) is 0 Å². The van der Waals surface area contributed by atoms with E-state index in [0.717, 1.165) is 31.6 Å². The van der Waals surface area contributed by atoms with E-state index in [4.69, 9.17) is 10.6 Å². The van der Waals surface area contributed by atoms with Crippen molar-refractivity contribution in [2.45, 2.75) is 0 Å². The SMILES string of the molecule is COCCN(C)CCNc1nc(NN)nc2[nH]ncc12. The molecule has 2 aromatic heterocycles. The number of nitrogens with two attached hydrogens (primary N) is 1. The van der Waals surface area contributed by atoms with Crippen molar-refractivity contribution in [3.63, 3.8) is 0 Å². The van der Waals surface area contributed by atoms with E-state index in [2.05, 4.69) is 35.8 Å². The molecule has 0 aromatic carbocycles. The summed E-state index contributed by atoms with van der Waals surface area (Å²) in [6, 6.07) is 0. The van der Waals surface area contributed by atoms with E-state index >= 15 is 0 Å². The quantitative estimate of drug-likeness (QED) is 0.382. The summed E-state index contributed by atoms with van der Waals surface area (Å²) in [5.41, 5.74) is 3.08. The number of likely N-dealkylation sites (N-methyl/N-ethyl adjacent to an activating group) is 1. The van der Waals surface area contributed by atoms with Gasteiger partial charge in [0.05, 0.1) is 18.2 Å². The van der Waals surface area contributed by atoms with Crippen LogP contribution < -0.4 is 16.6 Å². The largest absolute Gasteiger partial charge is 0.383 e. The molecule has 2 rings (SSSR count). The van der Waals surface area contributed by atoms with Crippen molar-refractivity contribution in [2.24, 2.45) is 5.84 Å². The lowest BCUT2D eigenvalue weighted by atomic mass is 10.4. The Hall–Kier alpha value is -1.97. The zero-order valence-corrected chi connectivity index (χ0v) is 11.7. The number of nitrogen functional groups attached to an aromatic ring is 1. The highest BCUT2D eigenvalue weighted by molar-refractivity contribution is 5.86. The fraction of sp³-hybridized carbons (Fsp3) is 0.545. The highest BCUT2D eigenvalue weighted by Crippen LogP contribution is 2.19. The maximum atomic E-state index is 5.35. The smallest absolute Gasteiger partial charge is 0.241 e. The Balaban J connectivity index is 1.96. The number of anilines is 2. The molecule has 9 heteroatoms. The minimum absolute atomic E-state index is 0.344. The minimum atomic E-state index is 0.344. The molecule has 0 aliphatic heterocycles. The number of methoxy groups -OCH3 is 1. The second-order valence-electron chi connectivity index (χ2n) is 4.40. The maximum absolute atomic E-state index is 5.35. The van der Waals surface area contributed by atoms with Crippen molar-refractivity contribution in [1.29, 1.82) is 0 Å². The number of hydrogen-bond donors (Lipinski definition) is 4. The molecular weight excluding hydrogens is 260 g/mol.